The largest absolute Gasteiger partial charge is 0.642 e. The molecule has 0 aromatic heterocycles. The molecule has 0 radical (unpaired) electrons. The van der Waals surface area contributed by atoms with Crippen LogP contribution in [0.25, 0.3) is 0 Å². The van der Waals surface area contributed by atoms with E-state index in [1.807, 2.05) is 18.2 Å². The molecule has 1 aromatic carbocycles. The van der Waals surface area contributed by atoms with Crippen LogP contribution in [0, 0.1) is 0 Å². The minimum atomic E-state index is -1.34. The van der Waals surface area contributed by atoms with Gasteiger partial charge >= 0.3 is 14.5 Å². The summed E-state index contributed by atoms with van der Waals surface area (Å²) in [5.74, 6) is 1.02. The maximum atomic E-state index is 6.28. The molecule has 2 heteroatoms. The Hall–Kier alpha value is -0.448. The molecule has 1 aromatic rings. The first-order valence-corrected chi connectivity index (χ1v) is 7.55. The van der Waals surface area contributed by atoms with Crippen molar-refractivity contribution in [2.24, 2.45) is 0 Å². The van der Waals surface area contributed by atoms with Crippen molar-refractivity contribution in [3.63, 3.8) is 0 Å². The maximum absolute atomic E-state index is 6.28. The Bertz CT molecular complexity index is 305. The van der Waals surface area contributed by atoms with Crippen molar-refractivity contribution in [2.75, 3.05) is 0 Å². The van der Waals surface area contributed by atoms with E-state index >= 15 is 0 Å². The minimum Gasteiger partial charge on any atom is -0.642 e. The Morgan fingerprint density at radius 2 is 1.25 bits per heavy atom. The Morgan fingerprint density at radius 1 is 0.812 bits per heavy atom. The monoisotopic (exact) mass is 234 g/mol. The van der Waals surface area contributed by atoms with Crippen LogP contribution in [0.5, 0.6) is 5.75 Å². The summed E-state index contributed by atoms with van der Waals surface area (Å²) >= 11 is -1.34. The molecule has 0 unspecified atom stereocenters. The second kappa shape index (κ2) is 4.82. The predicted octanol–water partition coefficient (Wildman–Crippen LogP) is 4.66. The van der Waals surface area contributed by atoms with E-state index in [0.29, 0.717) is 0 Å². The normalized spacial score (nSPS) is 12.4. The van der Waals surface area contributed by atoms with Crippen molar-refractivity contribution in [3.05, 3.63) is 30.3 Å². The number of benzene rings is 1. The lowest BCUT2D eigenvalue weighted by Gasteiger charge is -2.35. The SMILES string of the molecule is C[C](C)(C)[Al]([O]c1ccccc1)[C](C)(C)C. The van der Waals surface area contributed by atoms with E-state index in [-0.39, 0.29) is 8.55 Å². The molecule has 0 amide bonds. The first-order chi connectivity index (χ1) is 7.21. The second-order valence-electron chi connectivity index (χ2n) is 6.54. The average Bonchev–Trinajstić information content (AvgIpc) is 2.12. The molecule has 0 aliphatic rings. The lowest BCUT2D eigenvalue weighted by atomic mass is 10.2. The molecule has 0 atom stereocenters. The molecule has 0 spiro atoms. The molecule has 0 aliphatic heterocycles. The van der Waals surface area contributed by atoms with Crippen molar-refractivity contribution in [2.45, 2.75) is 50.1 Å². The van der Waals surface area contributed by atoms with Crippen LogP contribution in [0.1, 0.15) is 41.5 Å². The summed E-state index contributed by atoms with van der Waals surface area (Å²) in [4.78, 5) is 0. The van der Waals surface area contributed by atoms with Gasteiger partial charge in [0.1, 0.15) is 0 Å². The topological polar surface area (TPSA) is 9.23 Å². The molecule has 16 heavy (non-hydrogen) atoms. The van der Waals surface area contributed by atoms with Gasteiger partial charge in [-0.2, -0.15) is 0 Å². The third-order valence-electron chi connectivity index (χ3n) is 2.57. The summed E-state index contributed by atoms with van der Waals surface area (Å²) in [6.45, 7) is 13.7. The van der Waals surface area contributed by atoms with Crippen LogP contribution >= 0.6 is 0 Å². The average molecular weight is 234 g/mol. The molecule has 1 rings (SSSR count). The van der Waals surface area contributed by atoms with Crippen molar-refractivity contribution < 1.29 is 3.79 Å². The third-order valence-corrected chi connectivity index (χ3v) is 6.22. The van der Waals surface area contributed by atoms with Crippen LogP contribution in [-0.2, 0) is 0 Å². The van der Waals surface area contributed by atoms with Crippen LogP contribution < -0.4 is 3.79 Å². The molecule has 0 saturated heterocycles. The zero-order chi connectivity index (χ0) is 12.4. The van der Waals surface area contributed by atoms with Gasteiger partial charge < -0.3 is 3.79 Å². The summed E-state index contributed by atoms with van der Waals surface area (Å²) in [5.41, 5.74) is 0. The number of para-hydroxylation sites is 1. The summed E-state index contributed by atoms with van der Waals surface area (Å²) < 4.78 is 6.83. The van der Waals surface area contributed by atoms with E-state index in [0.717, 1.165) is 5.75 Å². The van der Waals surface area contributed by atoms with Crippen molar-refractivity contribution in [1.29, 1.82) is 0 Å². The third kappa shape index (κ3) is 3.85. The fourth-order valence-electron chi connectivity index (χ4n) is 2.29. The van der Waals surface area contributed by atoms with E-state index < -0.39 is 14.5 Å². The van der Waals surface area contributed by atoms with Gasteiger partial charge in [0, 0.05) is 0 Å². The standard InChI is InChI=1S/C6H6O.2C4H9.Al/c7-6-4-2-1-3-5-6;2*1-4(2)3;/h1-5,7H;2*1-3H3;/q;;;+1/p-1. The van der Waals surface area contributed by atoms with Gasteiger partial charge in [-0.25, -0.2) is 0 Å². The quantitative estimate of drug-likeness (QED) is 0.676. The number of hydrogen-bond donors (Lipinski definition) is 0. The Morgan fingerprint density at radius 3 is 1.62 bits per heavy atom. The van der Waals surface area contributed by atoms with Crippen LogP contribution in [0.15, 0.2) is 30.3 Å². The minimum absolute atomic E-state index is 0.272. The van der Waals surface area contributed by atoms with Crippen molar-refractivity contribution in [1.82, 2.24) is 0 Å². The van der Waals surface area contributed by atoms with Crippen LogP contribution in [0.3, 0.4) is 0 Å². The molecule has 0 fully saturated rings. The smallest absolute Gasteiger partial charge is 0.558 e. The van der Waals surface area contributed by atoms with E-state index in [2.05, 4.69) is 53.7 Å². The number of hydrogen-bond acceptors (Lipinski definition) is 1. The molecule has 0 saturated carbocycles. The van der Waals surface area contributed by atoms with Crippen LogP contribution in [0.2, 0.25) is 8.55 Å². The van der Waals surface area contributed by atoms with Gasteiger partial charge in [-0.15, -0.1) is 0 Å². The summed E-state index contributed by atoms with van der Waals surface area (Å²) in [6.07, 6.45) is 0. The molecule has 0 N–H and O–H groups in total. The Labute approximate surface area is 105 Å². The van der Waals surface area contributed by atoms with E-state index in [4.69, 9.17) is 3.79 Å². The molecule has 1 nitrogen and oxygen atoms in total. The predicted molar refractivity (Wildman–Crippen MR) is 72.3 cm³/mol. The van der Waals surface area contributed by atoms with Gasteiger partial charge in [-0.1, -0.05) is 59.7 Å². The molecule has 88 valence electrons. The second-order valence-corrected chi connectivity index (χ2v) is 11.0. The van der Waals surface area contributed by atoms with E-state index in [9.17, 15) is 0 Å². The van der Waals surface area contributed by atoms with E-state index in [1.165, 1.54) is 0 Å². The van der Waals surface area contributed by atoms with Gasteiger partial charge in [0.15, 0.2) is 0 Å². The first-order valence-electron chi connectivity index (χ1n) is 5.93. The molecule has 0 aliphatic carbocycles. The van der Waals surface area contributed by atoms with Gasteiger partial charge in [0.2, 0.25) is 0 Å². The number of rotatable bonds is 2. The summed E-state index contributed by atoms with van der Waals surface area (Å²) in [5, 5.41) is 0. The van der Waals surface area contributed by atoms with Gasteiger partial charge in [0.05, 0.1) is 5.75 Å². The highest BCUT2D eigenvalue weighted by Crippen LogP contribution is 2.42. The Balaban J connectivity index is 2.89. The fraction of sp³-hybridized carbons (Fsp3) is 0.571. The van der Waals surface area contributed by atoms with E-state index in [1.54, 1.807) is 0 Å². The van der Waals surface area contributed by atoms with Crippen LogP contribution in [-0.4, -0.2) is 14.5 Å². The fourth-order valence-corrected chi connectivity index (χ4v) is 6.02. The summed E-state index contributed by atoms with van der Waals surface area (Å²) in [6, 6.07) is 10.2. The van der Waals surface area contributed by atoms with Gasteiger partial charge in [-0.3, -0.25) is 0 Å². The highest BCUT2D eigenvalue weighted by atomic mass is 27.2. The molecule has 0 bridgehead atoms. The lowest BCUT2D eigenvalue weighted by molar-refractivity contribution is 0.462. The lowest BCUT2D eigenvalue weighted by Crippen LogP contribution is -2.40. The first kappa shape index (κ1) is 13.6. The maximum Gasteiger partial charge on any atom is 0.558 e. The highest BCUT2D eigenvalue weighted by Gasteiger charge is 2.47. The molecular weight excluding hydrogens is 211 g/mol. The van der Waals surface area contributed by atoms with Gasteiger partial charge in [-0.05, 0) is 20.7 Å². The highest BCUT2D eigenvalue weighted by molar-refractivity contribution is 6.59. The molecule has 0 heterocycles. The Kier molecular flexibility index (Phi) is 4.10. The van der Waals surface area contributed by atoms with Crippen molar-refractivity contribution in [3.8, 4) is 5.75 Å². The van der Waals surface area contributed by atoms with Crippen LogP contribution in [0.4, 0.5) is 0 Å². The zero-order valence-corrected chi connectivity index (χ0v) is 12.5. The van der Waals surface area contributed by atoms with Gasteiger partial charge in [0.25, 0.3) is 0 Å². The van der Waals surface area contributed by atoms with Crippen molar-refractivity contribution >= 4 is 14.5 Å². The summed E-state index contributed by atoms with van der Waals surface area (Å²) in [7, 11) is 0. The molecular formula is C14H23AlO. The zero-order valence-electron chi connectivity index (χ0n) is 11.4.